The number of aliphatic hydroxyl groups is 1. The predicted octanol–water partition coefficient (Wildman–Crippen LogP) is 0.478. The van der Waals surface area contributed by atoms with Gasteiger partial charge in [0.25, 0.3) is 0 Å². The molecule has 2 atom stereocenters. The minimum atomic E-state index is -0.924. The van der Waals surface area contributed by atoms with Gasteiger partial charge in [0.1, 0.15) is 0 Å². The van der Waals surface area contributed by atoms with Crippen molar-refractivity contribution in [2.24, 2.45) is 5.92 Å². The number of hydrogen-bond acceptors (Lipinski definition) is 2. The van der Waals surface area contributed by atoms with Crippen LogP contribution in [-0.4, -0.2) is 22.3 Å². The number of carboxylic acid groups (broad SMARTS) is 1. The largest absolute Gasteiger partial charge is 0.481 e. The molecule has 0 heterocycles. The first kappa shape index (κ1) is 8.43. The molecule has 0 aromatic rings. The first-order valence-electron chi connectivity index (χ1n) is 3.00. The number of aliphatic hydroxyl groups excluding tert-OH is 1. The molecule has 0 amide bonds. The van der Waals surface area contributed by atoms with Crippen LogP contribution in [0.4, 0.5) is 0 Å². The average Bonchev–Trinajstić information content (AvgIpc) is 1.64. The maximum Gasteiger partial charge on any atom is 0.309 e. The van der Waals surface area contributed by atoms with Gasteiger partial charge in [0.15, 0.2) is 0 Å². The topological polar surface area (TPSA) is 57.5 Å². The van der Waals surface area contributed by atoms with Gasteiger partial charge in [-0.3, -0.25) is 4.79 Å². The fourth-order valence-electron chi connectivity index (χ4n) is 0.722. The van der Waals surface area contributed by atoms with Gasteiger partial charge in [-0.15, -0.1) is 0 Å². The maximum absolute atomic E-state index is 10.2. The summed E-state index contributed by atoms with van der Waals surface area (Å²) in [6, 6.07) is 0. The molecule has 3 heteroatoms. The van der Waals surface area contributed by atoms with Crippen molar-refractivity contribution in [1.82, 2.24) is 0 Å². The Labute approximate surface area is 54.3 Å². The summed E-state index contributed by atoms with van der Waals surface area (Å²) in [5.41, 5.74) is 0. The van der Waals surface area contributed by atoms with Crippen molar-refractivity contribution in [3.05, 3.63) is 0 Å². The highest BCUT2D eigenvalue weighted by Crippen LogP contribution is 2.07. The Bertz CT molecular complexity index is 98.5. The molecule has 0 aromatic heterocycles. The van der Waals surface area contributed by atoms with Crippen molar-refractivity contribution < 1.29 is 15.0 Å². The van der Waals surface area contributed by atoms with Gasteiger partial charge < -0.3 is 10.2 Å². The van der Waals surface area contributed by atoms with Gasteiger partial charge in [0, 0.05) is 0 Å². The van der Waals surface area contributed by atoms with Gasteiger partial charge >= 0.3 is 5.97 Å². The van der Waals surface area contributed by atoms with Crippen LogP contribution in [0.5, 0.6) is 0 Å². The summed E-state index contributed by atoms with van der Waals surface area (Å²) in [6.07, 6.45) is -0.264. The molecular weight excluding hydrogens is 120 g/mol. The Morgan fingerprint density at radius 2 is 2.11 bits per heavy atom. The van der Waals surface area contributed by atoms with E-state index in [9.17, 15) is 4.79 Å². The fourth-order valence-corrected chi connectivity index (χ4v) is 0.722. The molecule has 0 bridgehead atoms. The molecule has 0 saturated carbocycles. The second-order valence-electron chi connectivity index (χ2n) is 2.09. The van der Waals surface area contributed by atoms with Gasteiger partial charge in [0.2, 0.25) is 0 Å². The van der Waals surface area contributed by atoms with Crippen molar-refractivity contribution >= 4 is 5.97 Å². The number of aliphatic carboxylic acids is 1. The van der Waals surface area contributed by atoms with E-state index in [-0.39, 0.29) is 0 Å². The predicted molar refractivity (Wildman–Crippen MR) is 33.1 cm³/mol. The van der Waals surface area contributed by atoms with Crippen LogP contribution in [0.3, 0.4) is 0 Å². The smallest absolute Gasteiger partial charge is 0.309 e. The number of carboxylic acids is 1. The van der Waals surface area contributed by atoms with Crippen LogP contribution in [0.2, 0.25) is 0 Å². The van der Waals surface area contributed by atoms with Crippen LogP contribution < -0.4 is 0 Å². The third-order valence-corrected chi connectivity index (χ3v) is 1.34. The third kappa shape index (κ3) is 2.46. The first-order valence-corrected chi connectivity index (χ1v) is 3.00. The lowest BCUT2D eigenvalue weighted by Gasteiger charge is -2.11. The molecule has 0 saturated heterocycles. The summed E-state index contributed by atoms with van der Waals surface area (Å²) >= 11 is 0. The van der Waals surface area contributed by atoms with E-state index in [0.29, 0.717) is 6.42 Å². The Morgan fingerprint density at radius 3 is 2.11 bits per heavy atom. The molecule has 9 heavy (non-hydrogen) atoms. The highest BCUT2D eigenvalue weighted by molar-refractivity contribution is 5.70. The van der Waals surface area contributed by atoms with Crippen molar-refractivity contribution in [1.29, 1.82) is 0 Å². The number of hydrogen-bond donors (Lipinski definition) is 2. The van der Waals surface area contributed by atoms with Gasteiger partial charge in [-0.25, -0.2) is 0 Å². The van der Waals surface area contributed by atoms with E-state index in [1.807, 2.05) is 0 Å². The molecule has 3 nitrogen and oxygen atoms in total. The van der Waals surface area contributed by atoms with Crippen molar-refractivity contribution in [3.8, 4) is 0 Å². The van der Waals surface area contributed by atoms with Crippen LogP contribution in [0.25, 0.3) is 0 Å². The molecule has 2 N–H and O–H groups in total. The van der Waals surface area contributed by atoms with E-state index < -0.39 is 18.0 Å². The van der Waals surface area contributed by atoms with E-state index in [2.05, 4.69) is 0 Å². The summed E-state index contributed by atoms with van der Waals surface area (Å²) in [5, 5.41) is 17.2. The molecule has 0 fully saturated rings. The van der Waals surface area contributed by atoms with Crippen LogP contribution in [0, 0.1) is 5.92 Å². The van der Waals surface area contributed by atoms with Crippen LogP contribution in [0.15, 0.2) is 0 Å². The molecule has 0 aliphatic rings. The molecule has 0 aliphatic heterocycles. The van der Waals surface area contributed by atoms with E-state index >= 15 is 0 Å². The molecule has 0 aliphatic carbocycles. The molecule has 0 aromatic carbocycles. The fraction of sp³-hybridized carbons (Fsp3) is 0.833. The normalized spacial score (nSPS) is 16.8. The Morgan fingerprint density at radius 1 is 1.67 bits per heavy atom. The second kappa shape index (κ2) is 3.45. The van der Waals surface area contributed by atoms with Crippen molar-refractivity contribution in [2.45, 2.75) is 26.4 Å². The van der Waals surface area contributed by atoms with Crippen LogP contribution in [0.1, 0.15) is 20.3 Å². The van der Waals surface area contributed by atoms with E-state index in [1.165, 1.54) is 6.92 Å². The van der Waals surface area contributed by atoms with Gasteiger partial charge in [0.05, 0.1) is 12.0 Å². The van der Waals surface area contributed by atoms with Crippen LogP contribution >= 0.6 is 0 Å². The third-order valence-electron chi connectivity index (χ3n) is 1.34. The Hall–Kier alpha value is -0.570. The standard InChI is InChI=1S/C6H12O3/c1-3-5(4(2)7)6(8)9/h4-5,7H,3H2,1-2H3,(H,8,9)/t4-,5+/m1/s1. The minimum Gasteiger partial charge on any atom is -0.481 e. The summed E-state index contributed by atoms with van der Waals surface area (Å²) in [5.74, 6) is -1.53. The highest BCUT2D eigenvalue weighted by atomic mass is 16.4. The minimum absolute atomic E-state index is 0.479. The SMILES string of the molecule is CC[C@H](C(=O)O)[C@@H](C)O. The number of rotatable bonds is 3. The number of carbonyl (C=O) groups is 1. The molecule has 54 valence electrons. The Balaban J connectivity index is 3.83. The quantitative estimate of drug-likeness (QED) is 0.587. The molecule has 0 unspecified atom stereocenters. The van der Waals surface area contributed by atoms with Crippen molar-refractivity contribution in [2.75, 3.05) is 0 Å². The van der Waals surface area contributed by atoms with E-state index in [0.717, 1.165) is 0 Å². The molecular formula is C6H12O3. The maximum atomic E-state index is 10.2. The Kier molecular flexibility index (Phi) is 3.24. The van der Waals surface area contributed by atoms with E-state index in [4.69, 9.17) is 10.2 Å². The lowest BCUT2D eigenvalue weighted by atomic mass is 10.0. The summed E-state index contributed by atoms with van der Waals surface area (Å²) in [6.45, 7) is 3.23. The zero-order valence-electron chi connectivity index (χ0n) is 5.66. The molecule has 0 spiro atoms. The van der Waals surface area contributed by atoms with Crippen LogP contribution in [-0.2, 0) is 4.79 Å². The lowest BCUT2D eigenvalue weighted by molar-refractivity contribution is -0.145. The lowest BCUT2D eigenvalue weighted by Crippen LogP contribution is -2.24. The van der Waals surface area contributed by atoms with Crippen molar-refractivity contribution in [3.63, 3.8) is 0 Å². The average molecular weight is 132 g/mol. The molecule has 0 rings (SSSR count). The highest BCUT2D eigenvalue weighted by Gasteiger charge is 2.19. The second-order valence-corrected chi connectivity index (χ2v) is 2.09. The monoisotopic (exact) mass is 132 g/mol. The van der Waals surface area contributed by atoms with E-state index in [1.54, 1.807) is 6.92 Å². The zero-order chi connectivity index (χ0) is 7.44. The van der Waals surface area contributed by atoms with Gasteiger partial charge in [-0.2, -0.15) is 0 Å². The molecule has 0 radical (unpaired) electrons. The van der Waals surface area contributed by atoms with Gasteiger partial charge in [-0.05, 0) is 13.3 Å². The zero-order valence-corrected chi connectivity index (χ0v) is 5.66. The summed E-state index contributed by atoms with van der Waals surface area (Å²) in [7, 11) is 0. The summed E-state index contributed by atoms with van der Waals surface area (Å²) < 4.78 is 0. The first-order chi connectivity index (χ1) is 4.09. The summed E-state index contributed by atoms with van der Waals surface area (Å²) in [4.78, 5) is 10.2. The van der Waals surface area contributed by atoms with Gasteiger partial charge in [-0.1, -0.05) is 6.92 Å².